The number of esters is 1. The Morgan fingerprint density at radius 1 is 1.62 bits per heavy atom. The first kappa shape index (κ1) is 15.4. The average Bonchev–Trinajstić information content (AvgIpc) is 2.35. The van der Waals surface area contributed by atoms with Gasteiger partial charge in [-0.05, 0) is 0 Å². The molecule has 0 aromatic heterocycles. The van der Waals surface area contributed by atoms with Crippen LogP contribution < -0.4 is 0 Å². The molecule has 0 aliphatic carbocycles. The van der Waals surface area contributed by atoms with Crippen molar-refractivity contribution in [1.29, 1.82) is 0 Å². The van der Waals surface area contributed by atoms with Crippen LogP contribution in [-0.2, 0) is 9.53 Å². The van der Waals surface area contributed by atoms with Gasteiger partial charge in [-0.15, -0.1) is 5.92 Å². The van der Waals surface area contributed by atoms with E-state index in [1.165, 1.54) is 0 Å². The normalized spacial score (nSPS) is 29.3. The summed E-state index contributed by atoms with van der Waals surface area (Å²) >= 11 is 0. The number of nitrogens with zero attached hydrogens (tertiary/aromatic N) is 1. The topological polar surface area (TPSA) is 46.5 Å². The molecule has 1 rings (SSSR count). The molecule has 0 aromatic rings. The Kier molecular flexibility index (Phi) is 5.42. The van der Waals surface area contributed by atoms with Crippen LogP contribution in [0.3, 0.4) is 0 Å². The van der Waals surface area contributed by atoms with E-state index in [2.05, 4.69) is 6.92 Å². The fraction of sp³-hybridized carbons (Fsp3) is 0.833. The summed E-state index contributed by atoms with van der Waals surface area (Å²) in [6.07, 6.45) is 0.104. The molecule has 0 aromatic carbocycles. The quantitative estimate of drug-likeness (QED) is 0.445. The van der Waals surface area contributed by atoms with E-state index in [0.29, 0.717) is 24.1 Å². The zero-order valence-corrected chi connectivity index (χ0v) is 9.77. The van der Waals surface area contributed by atoms with Crippen LogP contribution in [0.25, 0.3) is 0 Å². The molecule has 0 spiro atoms. The van der Waals surface area contributed by atoms with Gasteiger partial charge in [0.1, 0.15) is 12.6 Å². The molecule has 0 amide bonds. The maximum atomic E-state index is 11.7. The molecule has 96 valence electrons. The number of likely N-dealkylation sites (N-methyl/N-ethyl adjacent to an activating group) is 1. The number of hydrogen-bond donors (Lipinski definition) is 1. The molecule has 1 aliphatic rings. The van der Waals surface area contributed by atoms with Gasteiger partial charge in [-0.25, -0.2) is 4.79 Å². The highest BCUT2D eigenvalue weighted by molar-refractivity contribution is 5.74. The third-order valence-electron chi connectivity index (χ3n) is 2.80. The smallest absolute Gasteiger partial charge is 0.364 e. The summed E-state index contributed by atoms with van der Waals surface area (Å²) < 4.78 is 5.65. The van der Waals surface area contributed by atoms with Crippen molar-refractivity contribution in [1.82, 2.24) is 0 Å². The van der Waals surface area contributed by atoms with Crippen molar-refractivity contribution in [2.45, 2.75) is 32.9 Å². The lowest BCUT2D eigenvalue weighted by Gasteiger charge is -2.29. The first-order valence-corrected chi connectivity index (χ1v) is 5.33. The van der Waals surface area contributed by atoms with Crippen molar-refractivity contribution in [2.24, 2.45) is 5.92 Å². The third kappa shape index (κ3) is 3.76. The van der Waals surface area contributed by atoms with Crippen molar-refractivity contribution >= 4 is 5.97 Å². The maximum Gasteiger partial charge on any atom is 0.364 e. The highest BCUT2D eigenvalue weighted by Crippen LogP contribution is 2.23. The number of quaternary nitrogens is 1. The second kappa shape index (κ2) is 5.64. The van der Waals surface area contributed by atoms with Crippen LogP contribution in [0.4, 0.5) is 0 Å². The lowest BCUT2D eigenvalue weighted by molar-refractivity contribution is -0.895. The molecule has 1 aliphatic heterocycles. The van der Waals surface area contributed by atoms with Crippen LogP contribution in [0.5, 0.6) is 0 Å². The summed E-state index contributed by atoms with van der Waals surface area (Å²) in [7, 11) is 3.88. The molecule has 4 nitrogen and oxygen atoms in total. The molecular formula is C12H25NO3. The fourth-order valence-corrected chi connectivity index (χ4v) is 1.99. The van der Waals surface area contributed by atoms with Gasteiger partial charge < -0.3 is 21.3 Å². The highest BCUT2D eigenvalue weighted by Gasteiger charge is 2.45. The second-order valence-corrected chi connectivity index (χ2v) is 5.10. The SMILES string of the molecule is C.[CH2-]C(C)COC(=O)C1CC(O)C[N+]1(C)C. The van der Waals surface area contributed by atoms with Crippen LogP contribution in [0, 0.1) is 12.8 Å². The van der Waals surface area contributed by atoms with E-state index in [1.807, 2.05) is 21.0 Å². The maximum absolute atomic E-state index is 11.7. The second-order valence-electron chi connectivity index (χ2n) is 5.10. The van der Waals surface area contributed by atoms with Gasteiger partial charge in [0.2, 0.25) is 0 Å². The number of carbonyl (C=O) groups is 1. The zero-order chi connectivity index (χ0) is 11.6. The molecule has 1 fully saturated rings. The molecule has 3 unspecified atom stereocenters. The third-order valence-corrected chi connectivity index (χ3v) is 2.80. The lowest BCUT2D eigenvalue weighted by atomic mass is 10.2. The number of aliphatic hydroxyl groups is 1. The average molecular weight is 231 g/mol. The number of likely N-dealkylation sites (tertiary alicyclic amines) is 1. The molecule has 4 heteroatoms. The van der Waals surface area contributed by atoms with Crippen LogP contribution in [0.1, 0.15) is 20.8 Å². The van der Waals surface area contributed by atoms with Crippen molar-refractivity contribution < 1.29 is 19.1 Å². The number of hydrogen-bond acceptors (Lipinski definition) is 3. The van der Waals surface area contributed by atoms with Gasteiger partial charge in [-0.1, -0.05) is 14.4 Å². The van der Waals surface area contributed by atoms with E-state index >= 15 is 0 Å². The van der Waals surface area contributed by atoms with Gasteiger partial charge in [-0.2, -0.15) is 0 Å². The molecule has 3 atom stereocenters. The Morgan fingerprint density at radius 3 is 2.56 bits per heavy atom. The Hall–Kier alpha value is -0.610. The van der Waals surface area contributed by atoms with Crippen molar-refractivity contribution in [2.75, 3.05) is 27.2 Å². The molecule has 1 heterocycles. The predicted molar refractivity (Wildman–Crippen MR) is 63.6 cm³/mol. The lowest BCUT2D eigenvalue weighted by Crippen LogP contribution is -2.49. The number of aliphatic hydroxyl groups excluding tert-OH is 1. The van der Waals surface area contributed by atoms with Crippen molar-refractivity contribution in [3.8, 4) is 0 Å². The van der Waals surface area contributed by atoms with E-state index < -0.39 is 6.10 Å². The van der Waals surface area contributed by atoms with E-state index in [-0.39, 0.29) is 25.4 Å². The Balaban J connectivity index is 0.00000225. The minimum absolute atomic E-state index is 0. The van der Waals surface area contributed by atoms with Crippen LogP contribution in [-0.4, -0.2) is 55.0 Å². The van der Waals surface area contributed by atoms with Crippen LogP contribution in [0.2, 0.25) is 0 Å². The Bertz CT molecular complexity index is 238. The van der Waals surface area contributed by atoms with Gasteiger partial charge >= 0.3 is 5.97 Å². The van der Waals surface area contributed by atoms with E-state index in [9.17, 15) is 9.90 Å². The highest BCUT2D eigenvalue weighted by atomic mass is 16.5. The predicted octanol–water partition coefficient (Wildman–Crippen LogP) is 0.845. The van der Waals surface area contributed by atoms with Crippen LogP contribution >= 0.6 is 0 Å². The van der Waals surface area contributed by atoms with Gasteiger partial charge in [-0.3, -0.25) is 0 Å². The first-order valence-electron chi connectivity index (χ1n) is 5.33. The summed E-state index contributed by atoms with van der Waals surface area (Å²) in [4.78, 5) is 11.7. The van der Waals surface area contributed by atoms with Crippen molar-refractivity contribution in [3.63, 3.8) is 0 Å². The molecule has 0 saturated carbocycles. The minimum Gasteiger partial charge on any atom is -0.464 e. The number of ether oxygens (including phenoxy) is 1. The van der Waals surface area contributed by atoms with Gasteiger partial charge in [0.25, 0.3) is 0 Å². The summed E-state index contributed by atoms with van der Waals surface area (Å²) in [6, 6.07) is -0.237. The van der Waals surface area contributed by atoms with Crippen molar-refractivity contribution in [3.05, 3.63) is 6.92 Å². The molecule has 0 radical (unpaired) electrons. The standard InChI is InChI=1S/C11H21NO3.CH4/c1-8(2)7-15-11(14)10-5-9(13)6-12(10,3)4;/h8-10,13H,1,5-7H2,2-4H3;1H4. The van der Waals surface area contributed by atoms with Crippen LogP contribution in [0.15, 0.2) is 0 Å². The molecular weight excluding hydrogens is 206 g/mol. The Morgan fingerprint density at radius 2 is 2.19 bits per heavy atom. The zero-order valence-electron chi connectivity index (χ0n) is 9.77. The van der Waals surface area contributed by atoms with Gasteiger partial charge in [0.05, 0.1) is 20.7 Å². The summed E-state index contributed by atoms with van der Waals surface area (Å²) in [6.45, 7) is 6.62. The minimum atomic E-state index is -0.394. The summed E-state index contributed by atoms with van der Waals surface area (Å²) in [5.74, 6) is -0.108. The van der Waals surface area contributed by atoms with Gasteiger partial charge in [0, 0.05) is 6.42 Å². The van der Waals surface area contributed by atoms with E-state index in [0.717, 1.165) is 0 Å². The fourth-order valence-electron chi connectivity index (χ4n) is 1.99. The first-order chi connectivity index (χ1) is 6.83. The molecule has 1 saturated heterocycles. The summed E-state index contributed by atoms with van der Waals surface area (Å²) in [5.41, 5.74) is 0. The summed E-state index contributed by atoms with van der Waals surface area (Å²) in [5, 5.41) is 9.53. The monoisotopic (exact) mass is 231 g/mol. The Labute approximate surface area is 98.8 Å². The van der Waals surface area contributed by atoms with Gasteiger partial charge in [0.15, 0.2) is 6.04 Å². The molecule has 1 N–H and O–H groups in total. The van der Waals surface area contributed by atoms with E-state index in [1.54, 1.807) is 0 Å². The number of carbonyl (C=O) groups excluding carboxylic acids is 1. The largest absolute Gasteiger partial charge is 0.464 e. The number of rotatable bonds is 3. The van der Waals surface area contributed by atoms with E-state index in [4.69, 9.17) is 4.74 Å². The molecule has 0 bridgehead atoms. The molecule has 16 heavy (non-hydrogen) atoms.